The van der Waals surface area contributed by atoms with Crippen molar-refractivity contribution in [1.82, 2.24) is 9.55 Å². The second kappa shape index (κ2) is 5.69. The lowest BCUT2D eigenvalue weighted by molar-refractivity contribution is 0.102. The fourth-order valence-corrected chi connectivity index (χ4v) is 3.20. The summed E-state index contributed by atoms with van der Waals surface area (Å²) in [4.78, 5) is 3.24. The molecule has 1 aliphatic rings. The minimum absolute atomic E-state index is 0.275. The van der Waals surface area contributed by atoms with Crippen LogP contribution in [0.1, 0.15) is 13.3 Å². The van der Waals surface area contributed by atoms with Gasteiger partial charge in [0, 0.05) is 31.2 Å². The zero-order chi connectivity index (χ0) is 15.0. The van der Waals surface area contributed by atoms with Crippen LogP contribution in [-0.4, -0.2) is 36.5 Å². The molecule has 0 spiro atoms. The zero-order valence-electron chi connectivity index (χ0n) is 12.5. The van der Waals surface area contributed by atoms with Gasteiger partial charge in [0.15, 0.2) is 16.3 Å². The standard InChI is InChI=1S/C15H20N2O3S/c1-9-10(4-5-20-9)8-17-12-7-14(19-3)13(18-2)6-11(12)16-15(17)21/h6-7,9-10H,4-5,8H2,1-3H3,(H,16,21). The van der Waals surface area contributed by atoms with Crippen molar-refractivity contribution >= 4 is 23.3 Å². The maximum atomic E-state index is 5.65. The highest BCUT2D eigenvalue weighted by Crippen LogP contribution is 2.33. The first-order chi connectivity index (χ1) is 10.1. The highest BCUT2D eigenvalue weighted by Gasteiger charge is 2.25. The van der Waals surface area contributed by atoms with Crippen molar-refractivity contribution in [2.75, 3.05) is 20.8 Å². The monoisotopic (exact) mass is 308 g/mol. The van der Waals surface area contributed by atoms with E-state index < -0.39 is 0 Å². The lowest BCUT2D eigenvalue weighted by Gasteiger charge is -2.15. The molecule has 1 aromatic heterocycles. The molecule has 3 rings (SSSR count). The van der Waals surface area contributed by atoms with Crippen LogP contribution in [0.4, 0.5) is 0 Å². The number of benzene rings is 1. The van der Waals surface area contributed by atoms with Gasteiger partial charge in [-0.15, -0.1) is 0 Å². The lowest BCUT2D eigenvalue weighted by Crippen LogP contribution is -2.17. The zero-order valence-corrected chi connectivity index (χ0v) is 13.3. The van der Waals surface area contributed by atoms with E-state index in [4.69, 9.17) is 26.4 Å². The van der Waals surface area contributed by atoms with Crippen molar-refractivity contribution in [1.29, 1.82) is 0 Å². The fourth-order valence-electron chi connectivity index (χ4n) is 2.92. The first kappa shape index (κ1) is 14.4. The minimum Gasteiger partial charge on any atom is -0.493 e. The molecule has 1 fully saturated rings. The average molecular weight is 308 g/mol. The van der Waals surface area contributed by atoms with E-state index >= 15 is 0 Å². The summed E-state index contributed by atoms with van der Waals surface area (Å²) in [5.74, 6) is 1.90. The molecule has 0 aliphatic carbocycles. The molecule has 1 aliphatic heterocycles. The molecule has 2 heterocycles. The molecular weight excluding hydrogens is 288 g/mol. The number of ether oxygens (including phenoxy) is 3. The number of hydrogen-bond donors (Lipinski definition) is 1. The van der Waals surface area contributed by atoms with E-state index in [1.165, 1.54) is 0 Å². The molecule has 2 aromatic rings. The van der Waals surface area contributed by atoms with Crippen molar-refractivity contribution in [3.05, 3.63) is 16.9 Å². The van der Waals surface area contributed by atoms with Crippen LogP contribution >= 0.6 is 12.2 Å². The number of aromatic amines is 1. The number of nitrogens with one attached hydrogen (secondary N) is 1. The van der Waals surface area contributed by atoms with E-state index in [0.717, 1.165) is 35.4 Å². The third-order valence-electron chi connectivity index (χ3n) is 4.23. The van der Waals surface area contributed by atoms with Gasteiger partial charge in [-0.3, -0.25) is 0 Å². The van der Waals surface area contributed by atoms with Gasteiger partial charge < -0.3 is 23.8 Å². The number of H-pyrrole nitrogens is 1. The number of imidazole rings is 1. The molecule has 2 atom stereocenters. The summed E-state index contributed by atoms with van der Waals surface area (Å²) in [5.41, 5.74) is 2.00. The van der Waals surface area contributed by atoms with E-state index in [-0.39, 0.29) is 6.10 Å². The van der Waals surface area contributed by atoms with Gasteiger partial charge in [-0.25, -0.2) is 0 Å². The summed E-state index contributed by atoms with van der Waals surface area (Å²) in [7, 11) is 3.27. The molecule has 2 unspecified atom stereocenters. The fraction of sp³-hybridized carbons (Fsp3) is 0.533. The Hall–Kier alpha value is -1.53. The Bertz CT molecular complexity index is 707. The molecule has 0 radical (unpaired) electrons. The normalized spacial score (nSPS) is 21.9. The van der Waals surface area contributed by atoms with E-state index in [0.29, 0.717) is 17.4 Å². The predicted molar refractivity (Wildman–Crippen MR) is 83.7 cm³/mol. The summed E-state index contributed by atoms with van der Waals surface area (Å²) < 4.78 is 19.2. The lowest BCUT2D eigenvalue weighted by atomic mass is 10.0. The Kier molecular flexibility index (Phi) is 3.91. The Labute approximate surface area is 128 Å². The van der Waals surface area contributed by atoms with E-state index in [1.54, 1.807) is 14.2 Å². The van der Waals surface area contributed by atoms with Gasteiger partial charge in [-0.1, -0.05) is 0 Å². The van der Waals surface area contributed by atoms with Crippen LogP contribution in [0.2, 0.25) is 0 Å². The smallest absolute Gasteiger partial charge is 0.178 e. The highest BCUT2D eigenvalue weighted by atomic mass is 32.1. The average Bonchev–Trinajstić information content (AvgIpc) is 3.02. The number of hydrogen-bond acceptors (Lipinski definition) is 4. The number of rotatable bonds is 4. The molecule has 0 amide bonds. The van der Waals surface area contributed by atoms with Crippen molar-refractivity contribution in [3.8, 4) is 11.5 Å². The first-order valence-corrected chi connectivity index (χ1v) is 7.51. The first-order valence-electron chi connectivity index (χ1n) is 7.10. The number of nitrogens with zero attached hydrogens (tertiary/aromatic N) is 1. The maximum Gasteiger partial charge on any atom is 0.178 e. The van der Waals surface area contributed by atoms with Gasteiger partial charge in [0.2, 0.25) is 0 Å². The maximum absolute atomic E-state index is 5.65. The minimum atomic E-state index is 0.275. The van der Waals surface area contributed by atoms with Crippen LogP contribution in [-0.2, 0) is 11.3 Å². The Balaban J connectivity index is 2.05. The van der Waals surface area contributed by atoms with E-state index in [9.17, 15) is 0 Å². The van der Waals surface area contributed by atoms with Gasteiger partial charge in [0.25, 0.3) is 0 Å². The summed E-state index contributed by atoms with van der Waals surface area (Å²) in [5, 5.41) is 0. The van der Waals surface area contributed by atoms with Crippen LogP contribution < -0.4 is 9.47 Å². The molecule has 1 N–H and O–H groups in total. The largest absolute Gasteiger partial charge is 0.493 e. The van der Waals surface area contributed by atoms with Crippen molar-refractivity contribution < 1.29 is 14.2 Å². The SMILES string of the molecule is COc1cc2[nH]c(=S)n(CC3CCOC3C)c2cc1OC. The quantitative estimate of drug-likeness (QED) is 0.882. The number of methoxy groups -OCH3 is 2. The number of fused-ring (bicyclic) bond motifs is 1. The summed E-state index contributed by atoms with van der Waals surface area (Å²) >= 11 is 5.47. The van der Waals surface area contributed by atoms with E-state index in [1.807, 2.05) is 12.1 Å². The van der Waals surface area contributed by atoms with Crippen LogP contribution in [0, 0.1) is 10.7 Å². The molecule has 0 saturated carbocycles. The van der Waals surface area contributed by atoms with Crippen molar-refractivity contribution in [2.45, 2.75) is 26.0 Å². The van der Waals surface area contributed by atoms with Crippen LogP contribution in [0.15, 0.2) is 12.1 Å². The Morgan fingerprint density at radius 2 is 2.05 bits per heavy atom. The van der Waals surface area contributed by atoms with Crippen LogP contribution in [0.5, 0.6) is 11.5 Å². The van der Waals surface area contributed by atoms with Gasteiger partial charge in [0.05, 0.1) is 31.4 Å². The van der Waals surface area contributed by atoms with Crippen LogP contribution in [0.3, 0.4) is 0 Å². The second-order valence-corrected chi connectivity index (χ2v) is 5.78. The summed E-state index contributed by atoms with van der Waals surface area (Å²) in [6.07, 6.45) is 1.35. The van der Waals surface area contributed by atoms with E-state index in [2.05, 4.69) is 16.5 Å². The van der Waals surface area contributed by atoms with Gasteiger partial charge in [0.1, 0.15) is 0 Å². The highest BCUT2D eigenvalue weighted by molar-refractivity contribution is 7.71. The van der Waals surface area contributed by atoms with Crippen LogP contribution in [0.25, 0.3) is 11.0 Å². The van der Waals surface area contributed by atoms with Gasteiger partial charge >= 0.3 is 0 Å². The predicted octanol–water partition coefficient (Wildman–Crippen LogP) is 3.14. The topological polar surface area (TPSA) is 48.4 Å². The summed E-state index contributed by atoms with van der Waals surface area (Å²) in [6.45, 7) is 3.81. The third kappa shape index (κ3) is 2.53. The Morgan fingerprint density at radius 3 is 2.67 bits per heavy atom. The molecule has 5 nitrogen and oxygen atoms in total. The molecule has 6 heteroatoms. The molecule has 1 aromatic carbocycles. The molecule has 1 saturated heterocycles. The third-order valence-corrected chi connectivity index (χ3v) is 4.55. The van der Waals surface area contributed by atoms with Gasteiger partial charge in [-0.05, 0) is 25.6 Å². The summed E-state index contributed by atoms with van der Waals surface area (Å²) in [6, 6.07) is 3.90. The molecule has 21 heavy (non-hydrogen) atoms. The molecular formula is C15H20N2O3S. The molecule has 0 bridgehead atoms. The molecule has 114 valence electrons. The van der Waals surface area contributed by atoms with Crippen molar-refractivity contribution in [3.63, 3.8) is 0 Å². The van der Waals surface area contributed by atoms with Crippen molar-refractivity contribution in [2.24, 2.45) is 5.92 Å². The van der Waals surface area contributed by atoms with Gasteiger partial charge in [-0.2, -0.15) is 0 Å². The number of aromatic nitrogens is 2. The second-order valence-electron chi connectivity index (χ2n) is 5.39. The Morgan fingerprint density at radius 1 is 1.33 bits per heavy atom.